The van der Waals surface area contributed by atoms with E-state index in [-0.39, 0.29) is 12.0 Å². The van der Waals surface area contributed by atoms with E-state index in [0.717, 1.165) is 41.3 Å². The Morgan fingerprint density at radius 1 is 1.21 bits per heavy atom. The molecular weight excluding hydrogens is 368 g/mol. The largest absolute Gasteiger partial charge is 0.490 e. The van der Waals surface area contributed by atoms with Crippen molar-refractivity contribution in [3.05, 3.63) is 70.0 Å². The summed E-state index contributed by atoms with van der Waals surface area (Å²) in [6.45, 7) is 2.70. The average Bonchev–Trinajstić information content (AvgIpc) is 3.32. The van der Waals surface area contributed by atoms with Crippen molar-refractivity contribution in [2.24, 2.45) is 0 Å². The first kappa shape index (κ1) is 18.7. The molecule has 0 saturated heterocycles. The molecule has 0 aliphatic carbocycles. The number of carbonyl (C=O) groups excluding carboxylic acids is 1. The Bertz CT molecular complexity index is 952. The summed E-state index contributed by atoms with van der Waals surface area (Å²) in [7, 11) is 0. The quantitative estimate of drug-likeness (QED) is 0.647. The van der Waals surface area contributed by atoms with E-state index in [9.17, 15) is 4.79 Å². The fourth-order valence-corrected chi connectivity index (χ4v) is 4.26. The number of hydrogen-bond donors (Lipinski definition) is 1. The van der Waals surface area contributed by atoms with Gasteiger partial charge in [0.1, 0.15) is 11.9 Å². The molecule has 0 unspecified atom stereocenters. The van der Waals surface area contributed by atoms with Crippen molar-refractivity contribution in [2.45, 2.75) is 38.7 Å². The molecule has 0 bridgehead atoms. The van der Waals surface area contributed by atoms with Gasteiger partial charge in [-0.05, 0) is 30.5 Å². The molecule has 0 fully saturated rings. The van der Waals surface area contributed by atoms with Crippen LogP contribution in [0.2, 0.25) is 0 Å². The van der Waals surface area contributed by atoms with Gasteiger partial charge in [0.2, 0.25) is 5.91 Å². The van der Waals surface area contributed by atoms with E-state index in [2.05, 4.69) is 46.9 Å². The lowest BCUT2D eigenvalue weighted by Crippen LogP contribution is -2.25. The topological polar surface area (TPSA) is 51.2 Å². The van der Waals surface area contributed by atoms with E-state index >= 15 is 0 Å². The van der Waals surface area contributed by atoms with Crippen LogP contribution in [0.25, 0.3) is 11.3 Å². The smallest absolute Gasteiger partial charge is 0.220 e. The lowest BCUT2D eigenvalue weighted by molar-refractivity contribution is -0.121. The number of thiazole rings is 1. The minimum atomic E-state index is 0.0879. The van der Waals surface area contributed by atoms with E-state index in [1.54, 1.807) is 11.3 Å². The predicted molar refractivity (Wildman–Crippen MR) is 113 cm³/mol. The molecule has 4 nitrogen and oxygen atoms in total. The number of carbonyl (C=O) groups is 1. The van der Waals surface area contributed by atoms with Gasteiger partial charge in [-0.15, -0.1) is 11.3 Å². The van der Waals surface area contributed by atoms with Crippen molar-refractivity contribution in [3.63, 3.8) is 0 Å². The second kappa shape index (κ2) is 8.57. The monoisotopic (exact) mass is 392 g/mol. The summed E-state index contributed by atoms with van der Waals surface area (Å²) in [5.74, 6) is 1.07. The van der Waals surface area contributed by atoms with Crippen LogP contribution in [0.5, 0.6) is 5.75 Å². The molecule has 2 aromatic carbocycles. The zero-order valence-electron chi connectivity index (χ0n) is 16.0. The normalized spacial score (nSPS) is 15.1. The van der Waals surface area contributed by atoms with Crippen molar-refractivity contribution < 1.29 is 9.53 Å². The van der Waals surface area contributed by atoms with Gasteiger partial charge in [-0.2, -0.15) is 0 Å². The van der Waals surface area contributed by atoms with Gasteiger partial charge in [-0.1, -0.05) is 42.5 Å². The summed E-state index contributed by atoms with van der Waals surface area (Å²) in [5.41, 5.74) is 4.58. The van der Waals surface area contributed by atoms with Crippen molar-refractivity contribution in [2.75, 3.05) is 6.54 Å². The van der Waals surface area contributed by atoms with E-state index < -0.39 is 0 Å². The predicted octanol–water partition coefficient (Wildman–Crippen LogP) is 4.43. The van der Waals surface area contributed by atoms with Crippen LogP contribution in [0.3, 0.4) is 0 Å². The molecule has 0 radical (unpaired) electrons. The Balaban J connectivity index is 1.21. The Kier molecular flexibility index (Phi) is 5.72. The van der Waals surface area contributed by atoms with E-state index in [1.807, 2.05) is 24.3 Å². The summed E-state index contributed by atoms with van der Waals surface area (Å²) in [6, 6.07) is 16.4. The average molecular weight is 393 g/mol. The van der Waals surface area contributed by atoms with Crippen LogP contribution in [-0.4, -0.2) is 23.5 Å². The Morgan fingerprint density at radius 3 is 2.93 bits per heavy atom. The summed E-state index contributed by atoms with van der Waals surface area (Å²) in [5, 5.41) is 6.14. The molecule has 144 valence electrons. The zero-order valence-corrected chi connectivity index (χ0v) is 16.8. The fourth-order valence-electron chi connectivity index (χ4n) is 3.45. The lowest BCUT2D eigenvalue weighted by Gasteiger charge is -2.06. The number of hydrogen-bond acceptors (Lipinski definition) is 4. The second-order valence-electron chi connectivity index (χ2n) is 7.17. The number of aryl methyl sites for hydroxylation is 1. The van der Waals surface area contributed by atoms with Gasteiger partial charge in [-0.25, -0.2) is 4.98 Å². The molecule has 1 aliphatic rings. The molecule has 1 aliphatic heterocycles. The minimum Gasteiger partial charge on any atom is -0.490 e. The SMILES string of the molecule is C[C@H]1Cc2cc(CCC(=O)NCCc3nc(-c4ccccc4)cs3)ccc2O1. The van der Waals surface area contributed by atoms with Gasteiger partial charge in [0.05, 0.1) is 10.7 Å². The maximum atomic E-state index is 12.2. The highest BCUT2D eigenvalue weighted by molar-refractivity contribution is 7.09. The fraction of sp³-hybridized carbons (Fsp3) is 0.304. The van der Waals surface area contributed by atoms with Crippen molar-refractivity contribution in [3.8, 4) is 17.0 Å². The van der Waals surface area contributed by atoms with Crippen LogP contribution < -0.4 is 10.1 Å². The molecule has 1 aromatic heterocycles. The van der Waals surface area contributed by atoms with Crippen LogP contribution in [0.4, 0.5) is 0 Å². The highest BCUT2D eigenvalue weighted by atomic mass is 32.1. The van der Waals surface area contributed by atoms with Crippen LogP contribution in [0, 0.1) is 0 Å². The maximum Gasteiger partial charge on any atom is 0.220 e. The number of ether oxygens (including phenoxy) is 1. The summed E-state index contributed by atoms with van der Waals surface area (Å²) < 4.78 is 5.73. The van der Waals surface area contributed by atoms with Crippen LogP contribution >= 0.6 is 11.3 Å². The van der Waals surface area contributed by atoms with Gasteiger partial charge in [0, 0.05) is 36.8 Å². The van der Waals surface area contributed by atoms with Gasteiger partial charge in [-0.3, -0.25) is 4.79 Å². The second-order valence-corrected chi connectivity index (χ2v) is 8.11. The third-order valence-electron chi connectivity index (χ3n) is 4.88. The minimum absolute atomic E-state index is 0.0879. The molecule has 1 N–H and O–H groups in total. The standard InChI is InChI=1S/C23H24N2O2S/c1-16-13-19-14-17(7-9-21(19)27-16)8-10-22(26)24-12-11-23-25-20(15-28-23)18-5-3-2-4-6-18/h2-7,9,14-16H,8,10-13H2,1H3,(H,24,26)/t16-/m0/s1. The maximum absolute atomic E-state index is 12.2. The molecule has 1 amide bonds. The van der Waals surface area contributed by atoms with E-state index in [4.69, 9.17) is 4.74 Å². The summed E-state index contributed by atoms with van der Waals surface area (Å²) >= 11 is 1.64. The Morgan fingerprint density at radius 2 is 2.07 bits per heavy atom. The molecule has 28 heavy (non-hydrogen) atoms. The number of rotatable bonds is 7. The molecule has 0 saturated carbocycles. The number of benzene rings is 2. The van der Waals surface area contributed by atoms with Crippen LogP contribution in [-0.2, 0) is 24.1 Å². The molecule has 5 heteroatoms. The van der Waals surface area contributed by atoms with Gasteiger partial charge < -0.3 is 10.1 Å². The number of aromatic nitrogens is 1. The summed E-state index contributed by atoms with van der Waals surface area (Å²) in [4.78, 5) is 16.8. The highest BCUT2D eigenvalue weighted by Gasteiger charge is 2.18. The zero-order chi connectivity index (χ0) is 19.3. The third-order valence-corrected chi connectivity index (χ3v) is 5.79. The highest BCUT2D eigenvalue weighted by Crippen LogP contribution is 2.29. The van der Waals surface area contributed by atoms with Crippen molar-refractivity contribution in [1.29, 1.82) is 0 Å². The third kappa shape index (κ3) is 4.60. The van der Waals surface area contributed by atoms with Crippen molar-refractivity contribution >= 4 is 17.2 Å². The molecular formula is C23H24N2O2S. The first-order valence-corrected chi connectivity index (χ1v) is 10.6. The Hall–Kier alpha value is -2.66. The molecule has 2 heterocycles. The number of fused-ring (bicyclic) bond motifs is 1. The number of nitrogens with one attached hydrogen (secondary N) is 1. The van der Waals surface area contributed by atoms with E-state index in [1.165, 1.54) is 11.1 Å². The van der Waals surface area contributed by atoms with Crippen LogP contribution in [0.15, 0.2) is 53.9 Å². The lowest BCUT2D eigenvalue weighted by atomic mass is 10.0. The molecule has 3 aromatic rings. The molecule has 4 rings (SSSR count). The first-order chi connectivity index (χ1) is 13.7. The van der Waals surface area contributed by atoms with Crippen LogP contribution in [0.1, 0.15) is 29.5 Å². The van der Waals surface area contributed by atoms with E-state index in [0.29, 0.717) is 13.0 Å². The van der Waals surface area contributed by atoms with Gasteiger partial charge >= 0.3 is 0 Å². The molecule has 1 atom stereocenters. The number of nitrogens with zero attached hydrogens (tertiary/aromatic N) is 1. The Labute approximate surface area is 169 Å². The van der Waals surface area contributed by atoms with Gasteiger partial charge in [0.25, 0.3) is 0 Å². The first-order valence-electron chi connectivity index (χ1n) is 9.72. The number of amides is 1. The summed E-state index contributed by atoms with van der Waals surface area (Å²) in [6.07, 6.45) is 3.22. The van der Waals surface area contributed by atoms with Crippen molar-refractivity contribution in [1.82, 2.24) is 10.3 Å². The van der Waals surface area contributed by atoms with Gasteiger partial charge in [0.15, 0.2) is 0 Å². The molecule has 0 spiro atoms.